The minimum absolute atomic E-state index is 0.0432. The molecule has 0 radical (unpaired) electrons. The molecular weight excluding hydrogens is 260 g/mol. The molecule has 20 heavy (non-hydrogen) atoms. The third-order valence-electron chi connectivity index (χ3n) is 2.76. The van der Waals surface area contributed by atoms with Crippen molar-refractivity contribution >= 4 is 12.3 Å². The molecule has 0 fully saturated rings. The number of aldehydes is 1. The van der Waals surface area contributed by atoms with E-state index in [0.29, 0.717) is 30.1 Å². The number of carboxylic acids is 1. The Bertz CT molecular complexity index is 468. The lowest BCUT2D eigenvalue weighted by Crippen LogP contribution is -2.06. The average molecular weight is 280 g/mol. The summed E-state index contributed by atoms with van der Waals surface area (Å²) >= 11 is 0. The highest BCUT2D eigenvalue weighted by Crippen LogP contribution is 2.31. The Labute approximate surface area is 118 Å². The number of carboxylic acid groups (broad SMARTS) is 1. The normalized spacial score (nSPS) is 10.1. The van der Waals surface area contributed by atoms with Gasteiger partial charge < -0.3 is 14.6 Å². The van der Waals surface area contributed by atoms with E-state index < -0.39 is 5.97 Å². The van der Waals surface area contributed by atoms with Crippen LogP contribution >= 0.6 is 0 Å². The quantitative estimate of drug-likeness (QED) is 0.556. The molecule has 1 aromatic rings. The summed E-state index contributed by atoms with van der Waals surface area (Å²) in [5.41, 5.74) is 1.21. The third kappa shape index (κ3) is 4.57. The van der Waals surface area contributed by atoms with E-state index in [9.17, 15) is 9.59 Å². The van der Waals surface area contributed by atoms with Gasteiger partial charge in [0.2, 0.25) is 0 Å². The summed E-state index contributed by atoms with van der Waals surface area (Å²) in [6, 6.07) is 3.40. The lowest BCUT2D eigenvalue weighted by molar-refractivity contribution is -0.137. The van der Waals surface area contributed by atoms with E-state index in [1.54, 1.807) is 12.1 Å². The number of benzene rings is 1. The molecule has 0 spiro atoms. The first-order valence-electron chi connectivity index (χ1n) is 6.66. The summed E-state index contributed by atoms with van der Waals surface area (Å²) in [4.78, 5) is 21.5. The van der Waals surface area contributed by atoms with Gasteiger partial charge in [-0.1, -0.05) is 6.92 Å². The van der Waals surface area contributed by atoms with Crippen LogP contribution in [0.2, 0.25) is 0 Å². The molecule has 0 amide bonds. The molecule has 0 aliphatic carbocycles. The van der Waals surface area contributed by atoms with E-state index in [1.807, 2.05) is 13.8 Å². The minimum atomic E-state index is -0.860. The molecule has 0 aromatic heterocycles. The van der Waals surface area contributed by atoms with Crippen LogP contribution < -0.4 is 9.47 Å². The van der Waals surface area contributed by atoms with Gasteiger partial charge in [0.1, 0.15) is 11.5 Å². The number of ether oxygens (including phenoxy) is 2. The van der Waals surface area contributed by atoms with E-state index in [-0.39, 0.29) is 13.0 Å². The SMILES string of the molecule is CCCOc1ccc(C=O)c(OCCCC(=O)O)c1C. The maximum absolute atomic E-state index is 11.0. The van der Waals surface area contributed by atoms with Gasteiger partial charge in [0, 0.05) is 12.0 Å². The van der Waals surface area contributed by atoms with Crippen LogP contribution in [0.5, 0.6) is 11.5 Å². The molecular formula is C15H20O5. The zero-order chi connectivity index (χ0) is 15.0. The van der Waals surface area contributed by atoms with E-state index in [2.05, 4.69) is 0 Å². The molecule has 1 aromatic carbocycles. The Balaban J connectivity index is 2.79. The van der Waals surface area contributed by atoms with Crippen LogP contribution in [0.25, 0.3) is 0 Å². The topological polar surface area (TPSA) is 72.8 Å². The number of hydrogen-bond donors (Lipinski definition) is 1. The van der Waals surface area contributed by atoms with E-state index >= 15 is 0 Å². The highest BCUT2D eigenvalue weighted by Gasteiger charge is 2.12. The number of rotatable bonds is 9. The molecule has 0 saturated heterocycles. The predicted octanol–water partition coefficient (Wildman–Crippen LogP) is 2.84. The molecule has 0 heterocycles. The maximum Gasteiger partial charge on any atom is 0.303 e. The summed E-state index contributed by atoms with van der Waals surface area (Å²) in [5.74, 6) is 0.297. The van der Waals surface area contributed by atoms with Gasteiger partial charge in [0.25, 0.3) is 0 Å². The summed E-state index contributed by atoms with van der Waals surface area (Å²) in [5, 5.41) is 8.58. The maximum atomic E-state index is 11.0. The van der Waals surface area contributed by atoms with Gasteiger partial charge in [-0.05, 0) is 31.9 Å². The van der Waals surface area contributed by atoms with Crippen LogP contribution in [0.15, 0.2) is 12.1 Å². The van der Waals surface area contributed by atoms with Gasteiger partial charge in [0.05, 0.1) is 18.8 Å². The van der Waals surface area contributed by atoms with Crippen molar-refractivity contribution in [3.8, 4) is 11.5 Å². The number of carbonyl (C=O) groups excluding carboxylic acids is 1. The Morgan fingerprint density at radius 3 is 2.65 bits per heavy atom. The van der Waals surface area contributed by atoms with Crippen LogP contribution in [0.1, 0.15) is 42.1 Å². The lowest BCUT2D eigenvalue weighted by atomic mass is 10.1. The second kappa shape index (κ2) is 8.19. The van der Waals surface area contributed by atoms with Crippen LogP contribution in [-0.2, 0) is 4.79 Å². The number of carbonyl (C=O) groups is 2. The van der Waals surface area contributed by atoms with Crippen molar-refractivity contribution in [3.63, 3.8) is 0 Å². The Morgan fingerprint density at radius 2 is 2.05 bits per heavy atom. The van der Waals surface area contributed by atoms with Gasteiger partial charge in [-0.3, -0.25) is 9.59 Å². The molecule has 0 aliphatic rings. The van der Waals surface area contributed by atoms with Gasteiger partial charge in [-0.2, -0.15) is 0 Å². The third-order valence-corrected chi connectivity index (χ3v) is 2.76. The second-order valence-corrected chi connectivity index (χ2v) is 4.42. The van der Waals surface area contributed by atoms with Gasteiger partial charge in [0.15, 0.2) is 6.29 Å². The first kappa shape index (κ1) is 16.0. The number of aliphatic carboxylic acids is 1. The van der Waals surface area contributed by atoms with E-state index in [0.717, 1.165) is 18.3 Å². The first-order chi connectivity index (χ1) is 9.60. The Kier molecular flexibility index (Phi) is 6.56. The van der Waals surface area contributed by atoms with Crippen molar-refractivity contribution in [2.45, 2.75) is 33.1 Å². The summed E-state index contributed by atoms with van der Waals surface area (Å²) in [7, 11) is 0. The Hall–Kier alpha value is -2.04. The van der Waals surface area contributed by atoms with Gasteiger partial charge in [-0.25, -0.2) is 0 Å². The second-order valence-electron chi connectivity index (χ2n) is 4.42. The van der Waals surface area contributed by atoms with Crippen molar-refractivity contribution in [2.24, 2.45) is 0 Å². The zero-order valence-electron chi connectivity index (χ0n) is 11.8. The molecule has 0 aliphatic heterocycles. The molecule has 0 saturated carbocycles. The van der Waals surface area contributed by atoms with Crippen molar-refractivity contribution in [1.82, 2.24) is 0 Å². The van der Waals surface area contributed by atoms with Crippen LogP contribution in [-0.4, -0.2) is 30.6 Å². The molecule has 1 rings (SSSR count). The summed E-state index contributed by atoms with van der Waals surface area (Å²) in [6.45, 7) is 4.69. The van der Waals surface area contributed by atoms with Gasteiger partial charge in [-0.15, -0.1) is 0 Å². The van der Waals surface area contributed by atoms with Crippen LogP contribution in [0.3, 0.4) is 0 Å². The predicted molar refractivity (Wildman–Crippen MR) is 74.7 cm³/mol. The molecule has 0 unspecified atom stereocenters. The largest absolute Gasteiger partial charge is 0.493 e. The molecule has 110 valence electrons. The molecule has 0 atom stereocenters. The van der Waals surface area contributed by atoms with Gasteiger partial charge >= 0.3 is 5.97 Å². The highest BCUT2D eigenvalue weighted by molar-refractivity contribution is 5.81. The van der Waals surface area contributed by atoms with E-state index in [1.165, 1.54) is 0 Å². The monoisotopic (exact) mass is 280 g/mol. The Morgan fingerprint density at radius 1 is 1.30 bits per heavy atom. The lowest BCUT2D eigenvalue weighted by Gasteiger charge is -2.15. The van der Waals surface area contributed by atoms with Crippen molar-refractivity contribution < 1.29 is 24.2 Å². The van der Waals surface area contributed by atoms with Crippen LogP contribution in [0, 0.1) is 6.92 Å². The zero-order valence-corrected chi connectivity index (χ0v) is 11.8. The van der Waals surface area contributed by atoms with Crippen molar-refractivity contribution in [3.05, 3.63) is 23.3 Å². The smallest absolute Gasteiger partial charge is 0.303 e. The minimum Gasteiger partial charge on any atom is -0.493 e. The fourth-order valence-corrected chi connectivity index (χ4v) is 1.74. The summed E-state index contributed by atoms with van der Waals surface area (Å²) < 4.78 is 11.1. The van der Waals surface area contributed by atoms with E-state index in [4.69, 9.17) is 14.6 Å². The molecule has 1 N–H and O–H groups in total. The van der Waals surface area contributed by atoms with Crippen molar-refractivity contribution in [2.75, 3.05) is 13.2 Å². The average Bonchev–Trinajstić information content (AvgIpc) is 2.43. The molecule has 5 heteroatoms. The fraction of sp³-hybridized carbons (Fsp3) is 0.467. The number of hydrogen-bond acceptors (Lipinski definition) is 4. The summed E-state index contributed by atoms with van der Waals surface area (Å²) in [6.07, 6.45) is 2.06. The highest BCUT2D eigenvalue weighted by atomic mass is 16.5. The first-order valence-corrected chi connectivity index (χ1v) is 6.66. The standard InChI is InChI=1S/C15H20O5/c1-3-8-19-13-7-6-12(10-16)15(11(13)2)20-9-4-5-14(17)18/h6-7,10H,3-5,8-9H2,1-2H3,(H,17,18). The van der Waals surface area contributed by atoms with Crippen molar-refractivity contribution in [1.29, 1.82) is 0 Å². The fourth-order valence-electron chi connectivity index (χ4n) is 1.74. The van der Waals surface area contributed by atoms with Crippen LogP contribution in [0.4, 0.5) is 0 Å². The molecule has 0 bridgehead atoms. The molecule has 5 nitrogen and oxygen atoms in total.